The fourth-order valence-electron chi connectivity index (χ4n) is 0.821. The molecule has 4 nitrogen and oxygen atoms in total. The number of rotatable bonds is 2. The zero-order valence-corrected chi connectivity index (χ0v) is 9.08. The smallest absolute Gasteiger partial charge is 0.236 e. The molecule has 14 heavy (non-hydrogen) atoms. The van der Waals surface area contributed by atoms with E-state index in [0.717, 1.165) is 4.47 Å². The Balaban J connectivity index is 2.80. The predicted octanol–water partition coefficient (Wildman–Crippen LogP) is 1.62. The van der Waals surface area contributed by atoms with Crippen LogP contribution in [-0.2, 0) is 4.79 Å². The molecule has 0 aliphatic heterocycles. The highest BCUT2D eigenvalue weighted by molar-refractivity contribution is 9.10. The summed E-state index contributed by atoms with van der Waals surface area (Å²) in [5.74, 6) is -0.141. The average molecular weight is 257 g/mol. The summed E-state index contributed by atoms with van der Waals surface area (Å²) in [6.07, 6.45) is 1.38. The van der Waals surface area contributed by atoms with Gasteiger partial charge in [-0.1, -0.05) is 15.9 Å². The number of phenols is 1. The molecule has 0 atom stereocenters. The van der Waals surface area contributed by atoms with Gasteiger partial charge in [0.25, 0.3) is 0 Å². The molecule has 0 saturated carbocycles. The maximum absolute atomic E-state index is 10.5. The van der Waals surface area contributed by atoms with E-state index in [-0.39, 0.29) is 11.7 Å². The van der Waals surface area contributed by atoms with Crippen molar-refractivity contribution in [2.75, 3.05) is 0 Å². The lowest BCUT2D eigenvalue weighted by atomic mass is 10.2. The van der Waals surface area contributed by atoms with Gasteiger partial charge in [-0.2, -0.15) is 5.10 Å². The van der Waals surface area contributed by atoms with Crippen LogP contribution in [0.25, 0.3) is 0 Å². The zero-order chi connectivity index (χ0) is 10.6. The van der Waals surface area contributed by atoms with Crippen LogP contribution < -0.4 is 5.43 Å². The van der Waals surface area contributed by atoms with Crippen molar-refractivity contribution in [3.05, 3.63) is 28.2 Å². The number of nitrogens with one attached hydrogen (secondary N) is 1. The second-order valence-corrected chi connectivity index (χ2v) is 3.55. The van der Waals surface area contributed by atoms with Crippen LogP contribution in [0.1, 0.15) is 12.5 Å². The lowest BCUT2D eigenvalue weighted by Gasteiger charge is -1.98. The van der Waals surface area contributed by atoms with Gasteiger partial charge in [0.2, 0.25) is 5.91 Å². The van der Waals surface area contributed by atoms with E-state index in [1.54, 1.807) is 18.2 Å². The van der Waals surface area contributed by atoms with Crippen LogP contribution in [0.4, 0.5) is 0 Å². The van der Waals surface area contributed by atoms with E-state index in [1.807, 2.05) is 0 Å². The highest BCUT2D eigenvalue weighted by Gasteiger charge is 1.98. The van der Waals surface area contributed by atoms with Gasteiger partial charge >= 0.3 is 0 Å². The van der Waals surface area contributed by atoms with Gasteiger partial charge in [0.05, 0.1) is 6.21 Å². The lowest BCUT2D eigenvalue weighted by Crippen LogP contribution is -2.12. The predicted molar refractivity (Wildman–Crippen MR) is 57.2 cm³/mol. The van der Waals surface area contributed by atoms with Crippen LogP contribution in [-0.4, -0.2) is 17.2 Å². The van der Waals surface area contributed by atoms with Crippen molar-refractivity contribution in [1.82, 2.24) is 5.43 Å². The first-order valence-electron chi connectivity index (χ1n) is 3.88. The van der Waals surface area contributed by atoms with Crippen LogP contribution in [0.3, 0.4) is 0 Å². The van der Waals surface area contributed by atoms with E-state index >= 15 is 0 Å². The van der Waals surface area contributed by atoms with E-state index in [2.05, 4.69) is 26.5 Å². The second kappa shape index (κ2) is 4.76. The van der Waals surface area contributed by atoms with Crippen molar-refractivity contribution >= 4 is 28.1 Å². The van der Waals surface area contributed by atoms with Crippen molar-refractivity contribution < 1.29 is 9.90 Å². The molecule has 2 N–H and O–H groups in total. The van der Waals surface area contributed by atoms with E-state index in [4.69, 9.17) is 0 Å². The van der Waals surface area contributed by atoms with Crippen molar-refractivity contribution in [3.63, 3.8) is 0 Å². The minimum absolute atomic E-state index is 0.113. The molecule has 1 aromatic rings. The monoisotopic (exact) mass is 256 g/mol. The molecule has 1 rings (SSSR count). The Morgan fingerprint density at radius 1 is 1.64 bits per heavy atom. The number of carbonyl (C=O) groups excluding carboxylic acids is 1. The van der Waals surface area contributed by atoms with Gasteiger partial charge in [-0.05, 0) is 18.2 Å². The molecule has 0 bridgehead atoms. The number of benzene rings is 1. The lowest BCUT2D eigenvalue weighted by molar-refractivity contribution is -0.118. The topological polar surface area (TPSA) is 61.7 Å². The van der Waals surface area contributed by atoms with Crippen molar-refractivity contribution in [2.45, 2.75) is 6.92 Å². The summed E-state index contributed by atoms with van der Waals surface area (Å²) in [6, 6.07) is 4.95. The number of aromatic hydroxyl groups is 1. The maximum atomic E-state index is 10.5. The molecule has 0 heterocycles. The number of amides is 1. The van der Waals surface area contributed by atoms with Crippen LogP contribution in [0, 0.1) is 0 Å². The summed E-state index contributed by atoms with van der Waals surface area (Å²) in [6.45, 7) is 1.36. The standard InChI is InChI=1S/C9H9BrN2O2/c1-6(13)12-11-5-7-4-8(10)2-3-9(7)14/h2-5,14H,1H3,(H,12,13)/b11-5-. The van der Waals surface area contributed by atoms with Gasteiger partial charge in [0.1, 0.15) is 5.75 Å². The number of nitrogens with zero attached hydrogens (tertiary/aromatic N) is 1. The van der Waals surface area contributed by atoms with Gasteiger partial charge in [-0.15, -0.1) is 0 Å². The van der Waals surface area contributed by atoms with Crippen LogP contribution in [0.2, 0.25) is 0 Å². The third kappa shape index (κ3) is 3.18. The molecule has 0 fully saturated rings. The molecular weight excluding hydrogens is 248 g/mol. The molecule has 0 aromatic heterocycles. The molecule has 0 spiro atoms. The van der Waals surface area contributed by atoms with Crippen LogP contribution in [0.15, 0.2) is 27.8 Å². The van der Waals surface area contributed by atoms with E-state index < -0.39 is 0 Å². The highest BCUT2D eigenvalue weighted by Crippen LogP contribution is 2.19. The molecule has 1 aromatic carbocycles. The first-order valence-corrected chi connectivity index (χ1v) is 4.67. The summed E-state index contributed by atoms with van der Waals surface area (Å²) in [7, 11) is 0. The second-order valence-electron chi connectivity index (χ2n) is 2.63. The summed E-state index contributed by atoms with van der Waals surface area (Å²) < 4.78 is 0.833. The average Bonchev–Trinajstić information content (AvgIpc) is 2.10. The number of hydrazone groups is 1. The van der Waals surface area contributed by atoms with Gasteiger partial charge in [-0.3, -0.25) is 4.79 Å². The molecule has 0 aliphatic rings. The zero-order valence-electron chi connectivity index (χ0n) is 7.49. The molecule has 0 saturated heterocycles. The SMILES string of the molecule is CC(=O)N/N=C\c1cc(Br)ccc1O. The third-order valence-electron chi connectivity index (χ3n) is 1.42. The summed E-state index contributed by atoms with van der Waals surface area (Å²) in [5, 5.41) is 13.0. The van der Waals surface area contributed by atoms with Crippen molar-refractivity contribution in [1.29, 1.82) is 0 Å². The number of carbonyl (C=O) groups is 1. The highest BCUT2D eigenvalue weighted by atomic mass is 79.9. The van der Waals surface area contributed by atoms with Crippen LogP contribution >= 0.6 is 15.9 Å². The molecule has 0 aliphatic carbocycles. The Labute approximate surface area is 89.8 Å². The van der Waals surface area contributed by atoms with Gasteiger partial charge in [0, 0.05) is 17.0 Å². The normalized spacial score (nSPS) is 10.4. The Hall–Kier alpha value is -1.36. The number of hydrogen-bond donors (Lipinski definition) is 2. The van der Waals surface area contributed by atoms with E-state index in [9.17, 15) is 9.90 Å². The first kappa shape index (κ1) is 10.7. The Morgan fingerprint density at radius 2 is 2.36 bits per heavy atom. The van der Waals surface area contributed by atoms with Crippen molar-refractivity contribution in [2.24, 2.45) is 5.10 Å². The largest absolute Gasteiger partial charge is 0.507 e. The molecule has 5 heteroatoms. The van der Waals surface area contributed by atoms with E-state index in [1.165, 1.54) is 13.1 Å². The number of hydrogen-bond acceptors (Lipinski definition) is 3. The van der Waals surface area contributed by atoms with E-state index in [0.29, 0.717) is 5.56 Å². The molecular formula is C9H9BrN2O2. The maximum Gasteiger partial charge on any atom is 0.236 e. The quantitative estimate of drug-likeness (QED) is 0.624. The summed E-state index contributed by atoms with van der Waals surface area (Å²) in [4.78, 5) is 10.5. The number of halogens is 1. The third-order valence-corrected chi connectivity index (χ3v) is 1.91. The fraction of sp³-hybridized carbons (Fsp3) is 0.111. The minimum atomic E-state index is -0.254. The minimum Gasteiger partial charge on any atom is -0.507 e. The first-order chi connectivity index (χ1) is 6.59. The Bertz CT molecular complexity index is 377. The van der Waals surface area contributed by atoms with Crippen LogP contribution in [0.5, 0.6) is 5.75 Å². The molecule has 74 valence electrons. The summed E-state index contributed by atoms with van der Waals surface area (Å²) >= 11 is 3.26. The molecule has 0 radical (unpaired) electrons. The Kier molecular flexibility index (Phi) is 3.64. The Morgan fingerprint density at radius 3 is 3.00 bits per heavy atom. The fourth-order valence-corrected chi connectivity index (χ4v) is 1.20. The number of phenolic OH excluding ortho intramolecular Hbond substituents is 1. The van der Waals surface area contributed by atoms with Gasteiger partial charge < -0.3 is 5.11 Å². The van der Waals surface area contributed by atoms with Gasteiger partial charge in [-0.25, -0.2) is 5.43 Å². The molecule has 0 unspecified atom stereocenters. The molecule has 1 amide bonds. The van der Waals surface area contributed by atoms with Gasteiger partial charge in [0.15, 0.2) is 0 Å². The van der Waals surface area contributed by atoms with Crippen molar-refractivity contribution in [3.8, 4) is 5.75 Å². The summed E-state index contributed by atoms with van der Waals surface area (Å²) in [5.41, 5.74) is 2.78.